The van der Waals surface area contributed by atoms with Crippen LogP contribution in [0.5, 0.6) is 0 Å². The smallest absolute Gasteiger partial charge is 0.258 e. The van der Waals surface area contributed by atoms with Crippen LogP contribution in [0.2, 0.25) is 0 Å². The van der Waals surface area contributed by atoms with Gasteiger partial charge in [-0.1, -0.05) is 60.1 Å². The Morgan fingerprint density at radius 3 is 1.16 bits per heavy atom. The van der Waals surface area contributed by atoms with E-state index in [0.29, 0.717) is 0 Å². The van der Waals surface area contributed by atoms with E-state index in [2.05, 4.69) is 0 Å². The van der Waals surface area contributed by atoms with E-state index in [-0.39, 0.29) is 20.1 Å². The number of rotatable bonds is 2. The molecule has 7 rings (SSSR count). The zero-order chi connectivity index (χ0) is 22.6. The van der Waals surface area contributed by atoms with Crippen LogP contribution in [-0.2, 0) is 28.8 Å². The molecule has 4 saturated heterocycles. The van der Waals surface area contributed by atoms with E-state index in [1.165, 1.54) is 0 Å². The highest BCUT2D eigenvalue weighted by atomic mass is 32.2. The topological polar surface area (TPSA) is 115 Å². The standard InChI is InChI=1S/C18H12N4O6S4/c23-7-3-31-17(29)19(7)21-13(25)9-5-1-2-6(11(9)15(21)27)12-10(5)14(26)22(16(12)28)20-8(24)4-32-18(20)30/h1-2,5-6,9-12H,3-4H2/t5?,6?,9-,10-,11-,12-/m1/s1. The Bertz CT molecular complexity index is 977. The van der Waals surface area contributed by atoms with Gasteiger partial charge in [0.15, 0.2) is 8.64 Å². The maximum Gasteiger partial charge on any atom is 0.258 e. The summed E-state index contributed by atoms with van der Waals surface area (Å²) in [6, 6.07) is 0. The van der Waals surface area contributed by atoms with Gasteiger partial charge in [-0.2, -0.15) is 20.0 Å². The summed E-state index contributed by atoms with van der Waals surface area (Å²) in [5.74, 6) is -8.20. The SMILES string of the molecule is O=C1CSC(=S)N1N1C(=O)[C@@H]2C3C=CC([C@H]2C1=O)[C@H]1C(=O)N(N2C(=O)CSC2=S)C(=O)[C@H]31. The van der Waals surface area contributed by atoms with E-state index in [0.717, 1.165) is 43.6 Å². The second-order valence-electron chi connectivity index (χ2n) is 8.14. The van der Waals surface area contributed by atoms with Gasteiger partial charge in [-0.05, 0) is 0 Å². The molecule has 0 radical (unpaired) electrons. The number of hydrogen-bond donors (Lipinski definition) is 0. The molecule has 0 aromatic rings. The molecular weight excluding hydrogens is 496 g/mol. The van der Waals surface area contributed by atoms with E-state index in [1.54, 1.807) is 12.2 Å². The molecule has 0 aromatic heterocycles. The van der Waals surface area contributed by atoms with Gasteiger partial charge in [0, 0.05) is 11.8 Å². The van der Waals surface area contributed by atoms with Gasteiger partial charge < -0.3 is 0 Å². The van der Waals surface area contributed by atoms with E-state index in [1.807, 2.05) is 0 Å². The van der Waals surface area contributed by atoms with Crippen molar-refractivity contribution < 1.29 is 28.8 Å². The van der Waals surface area contributed by atoms with Crippen molar-refractivity contribution in [3.8, 4) is 0 Å². The van der Waals surface area contributed by atoms with Crippen LogP contribution in [0.3, 0.4) is 0 Å². The fourth-order valence-corrected chi connectivity index (χ4v) is 7.74. The molecule has 7 aliphatic rings. The first-order valence-corrected chi connectivity index (χ1v) is 12.5. The number of amides is 6. The lowest BCUT2D eigenvalue weighted by molar-refractivity contribution is -0.160. The lowest BCUT2D eigenvalue weighted by atomic mass is 9.54. The average molecular weight is 509 g/mol. The van der Waals surface area contributed by atoms with Gasteiger partial charge in [0.05, 0.1) is 35.2 Å². The highest BCUT2D eigenvalue weighted by molar-refractivity contribution is 8.24. The Balaban J connectivity index is 1.39. The lowest BCUT2D eigenvalue weighted by Gasteiger charge is -2.44. The van der Waals surface area contributed by atoms with Gasteiger partial charge in [-0.25, -0.2) is 0 Å². The number of hydrazine groups is 2. The zero-order valence-corrected chi connectivity index (χ0v) is 19.2. The highest BCUT2D eigenvalue weighted by Gasteiger charge is 2.70. The molecule has 5 fully saturated rings. The molecule has 4 atom stereocenters. The molecule has 0 N–H and O–H groups in total. The van der Waals surface area contributed by atoms with Crippen LogP contribution in [0.25, 0.3) is 0 Å². The number of carbonyl (C=O) groups is 6. The quantitative estimate of drug-likeness (QED) is 0.276. The van der Waals surface area contributed by atoms with Gasteiger partial charge in [0.25, 0.3) is 35.4 Å². The van der Waals surface area contributed by atoms with Crippen LogP contribution in [0.1, 0.15) is 0 Å². The monoisotopic (exact) mass is 508 g/mol. The fourth-order valence-electron chi connectivity index (χ4n) is 5.67. The number of allylic oxidation sites excluding steroid dienone is 2. The summed E-state index contributed by atoms with van der Waals surface area (Å²) in [6.07, 6.45) is 3.40. The Morgan fingerprint density at radius 2 is 0.906 bits per heavy atom. The number of imide groups is 2. The Kier molecular flexibility index (Phi) is 4.27. The molecule has 0 spiro atoms. The Labute approximate surface area is 199 Å². The van der Waals surface area contributed by atoms with Crippen molar-refractivity contribution in [2.45, 2.75) is 0 Å². The minimum atomic E-state index is -0.882. The fraction of sp³-hybridized carbons (Fsp3) is 0.444. The average Bonchev–Trinajstić information content (AvgIpc) is 3.44. The maximum absolute atomic E-state index is 13.3. The van der Waals surface area contributed by atoms with E-state index >= 15 is 0 Å². The third-order valence-corrected chi connectivity index (χ3v) is 9.50. The number of nitrogens with zero attached hydrogens (tertiary/aromatic N) is 4. The van der Waals surface area contributed by atoms with E-state index in [4.69, 9.17) is 24.4 Å². The first-order valence-electron chi connectivity index (χ1n) is 9.67. The summed E-state index contributed by atoms with van der Waals surface area (Å²) in [6.45, 7) is 0. The maximum atomic E-state index is 13.3. The molecule has 32 heavy (non-hydrogen) atoms. The van der Waals surface area contributed by atoms with E-state index < -0.39 is 71.0 Å². The largest absolute Gasteiger partial charge is 0.272 e. The Morgan fingerprint density at radius 1 is 0.594 bits per heavy atom. The summed E-state index contributed by atoms with van der Waals surface area (Å²) in [5.41, 5.74) is 0. The van der Waals surface area contributed by atoms with Crippen LogP contribution in [0.4, 0.5) is 0 Å². The summed E-state index contributed by atoms with van der Waals surface area (Å²) in [4.78, 5) is 78.0. The van der Waals surface area contributed by atoms with Crippen molar-refractivity contribution >= 4 is 92.0 Å². The van der Waals surface area contributed by atoms with Crippen molar-refractivity contribution in [3.63, 3.8) is 0 Å². The molecule has 0 aromatic carbocycles. The molecule has 3 aliphatic carbocycles. The third kappa shape index (κ3) is 2.33. The summed E-state index contributed by atoms with van der Waals surface area (Å²) < 4.78 is 0.237. The normalized spacial score (nSPS) is 38.2. The predicted molar refractivity (Wildman–Crippen MR) is 118 cm³/mol. The van der Waals surface area contributed by atoms with Crippen molar-refractivity contribution in [2.75, 3.05) is 11.5 Å². The number of carbonyl (C=O) groups excluding carboxylic acids is 6. The van der Waals surface area contributed by atoms with Crippen molar-refractivity contribution in [3.05, 3.63) is 12.2 Å². The molecular formula is C18H12N4O6S4. The van der Waals surface area contributed by atoms with Crippen LogP contribution < -0.4 is 0 Å². The molecule has 4 aliphatic heterocycles. The van der Waals surface area contributed by atoms with Crippen LogP contribution in [0.15, 0.2) is 12.2 Å². The van der Waals surface area contributed by atoms with Crippen LogP contribution >= 0.6 is 48.0 Å². The van der Waals surface area contributed by atoms with Gasteiger partial charge in [-0.15, -0.1) is 0 Å². The molecule has 164 valence electrons. The number of thiocarbonyl (C=S) groups is 2. The van der Waals surface area contributed by atoms with Gasteiger partial charge in [0.2, 0.25) is 0 Å². The molecule has 14 heteroatoms. The summed E-state index contributed by atoms with van der Waals surface area (Å²) in [7, 11) is 0. The first kappa shape index (κ1) is 20.4. The number of hydrogen-bond acceptors (Lipinski definition) is 10. The second kappa shape index (κ2) is 6.68. The van der Waals surface area contributed by atoms with Crippen molar-refractivity contribution in [1.82, 2.24) is 20.0 Å². The van der Waals surface area contributed by atoms with Crippen molar-refractivity contribution in [2.24, 2.45) is 35.5 Å². The van der Waals surface area contributed by atoms with Gasteiger partial charge in [0.1, 0.15) is 0 Å². The predicted octanol–water partition coefficient (Wildman–Crippen LogP) is -0.445. The summed E-state index contributed by atoms with van der Waals surface area (Å²) >= 11 is 12.4. The molecule has 4 heterocycles. The van der Waals surface area contributed by atoms with Gasteiger partial charge >= 0.3 is 0 Å². The molecule has 6 amide bonds. The third-order valence-electron chi connectivity index (χ3n) is 6.82. The zero-order valence-electron chi connectivity index (χ0n) is 15.9. The van der Waals surface area contributed by atoms with Crippen LogP contribution in [-0.4, -0.2) is 75.6 Å². The first-order chi connectivity index (χ1) is 15.2. The lowest BCUT2D eigenvalue weighted by Crippen LogP contribution is -2.50. The minimum absolute atomic E-state index is 0.0370. The Hall–Kier alpha value is -2.16. The van der Waals surface area contributed by atoms with Crippen LogP contribution in [0, 0.1) is 35.5 Å². The molecule has 1 saturated carbocycles. The second-order valence-corrected chi connectivity index (χ2v) is 11.4. The minimum Gasteiger partial charge on any atom is -0.272 e. The van der Waals surface area contributed by atoms with Crippen molar-refractivity contribution in [1.29, 1.82) is 0 Å². The number of thioether (sulfide) groups is 2. The molecule has 10 nitrogen and oxygen atoms in total. The molecule has 2 bridgehead atoms. The van der Waals surface area contributed by atoms with Gasteiger partial charge in [-0.3, -0.25) is 28.8 Å². The highest BCUT2D eigenvalue weighted by Crippen LogP contribution is 2.58. The molecule has 0 unspecified atom stereocenters. The summed E-state index contributed by atoms with van der Waals surface area (Å²) in [5, 5.41) is 3.48. The van der Waals surface area contributed by atoms with E-state index in [9.17, 15) is 28.8 Å².